The molecule has 13 heavy (non-hydrogen) atoms. The Morgan fingerprint density at radius 1 is 1.54 bits per heavy atom. The van der Waals surface area contributed by atoms with Crippen LogP contribution >= 0.6 is 0 Å². The van der Waals surface area contributed by atoms with E-state index >= 15 is 0 Å². The summed E-state index contributed by atoms with van der Waals surface area (Å²) in [6.45, 7) is 3.39. The van der Waals surface area contributed by atoms with Gasteiger partial charge >= 0.3 is 0 Å². The second kappa shape index (κ2) is 3.85. The SMILES string of the molecule is CNCC1CN1Cc1ccncc1. The molecule has 1 aromatic heterocycles. The Hall–Kier alpha value is -0.930. The molecule has 1 saturated heterocycles. The smallest absolute Gasteiger partial charge is 0.0352 e. The summed E-state index contributed by atoms with van der Waals surface area (Å²) in [5, 5.41) is 3.19. The highest BCUT2D eigenvalue weighted by molar-refractivity contribution is 5.11. The second-order valence-corrected chi connectivity index (χ2v) is 3.50. The quantitative estimate of drug-likeness (QED) is 0.678. The topological polar surface area (TPSA) is 27.9 Å². The van der Waals surface area contributed by atoms with E-state index in [1.54, 1.807) is 0 Å². The summed E-state index contributed by atoms with van der Waals surface area (Å²) >= 11 is 0. The van der Waals surface area contributed by atoms with E-state index in [1.807, 2.05) is 19.4 Å². The predicted molar refractivity (Wildman–Crippen MR) is 52.4 cm³/mol. The van der Waals surface area contributed by atoms with E-state index in [9.17, 15) is 0 Å². The van der Waals surface area contributed by atoms with Gasteiger partial charge in [0.25, 0.3) is 0 Å². The minimum Gasteiger partial charge on any atom is -0.318 e. The number of pyridine rings is 1. The number of likely N-dealkylation sites (N-methyl/N-ethyl adjacent to an activating group) is 1. The van der Waals surface area contributed by atoms with Gasteiger partial charge in [-0.05, 0) is 24.7 Å². The Morgan fingerprint density at radius 3 is 3.00 bits per heavy atom. The van der Waals surface area contributed by atoms with Crippen molar-refractivity contribution in [2.45, 2.75) is 12.6 Å². The molecule has 1 aromatic rings. The lowest BCUT2D eigenvalue weighted by Gasteiger charge is -2.02. The normalized spacial score (nSPS) is 25.9. The highest BCUT2D eigenvalue weighted by Gasteiger charge is 2.32. The maximum absolute atomic E-state index is 4.00. The molecule has 3 heteroatoms. The molecule has 2 atom stereocenters. The van der Waals surface area contributed by atoms with E-state index in [-0.39, 0.29) is 0 Å². The standard InChI is InChI=1S/C10H15N3/c1-11-6-10-8-13(10)7-9-2-4-12-5-3-9/h2-5,10-11H,6-8H2,1H3. The number of hydrogen-bond acceptors (Lipinski definition) is 3. The molecule has 3 nitrogen and oxygen atoms in total. The first-order valence-electron chi connectivity index (χ1n) is 4.67. The highest BCUT2D eigenvalue weighted by Crippen LogP contribution is 2.19. The summed E-state index contributed by atoms with van der Waals surface area (Å²) < 4.78 is 0. The molecular weight excluding hydrogens is 162 g/mol. The summed E-state index contributed by atoms with van der Waals surface area (Å²) in [6.07, 6.45) is 3.71. The third-order valence-corrected chi connectivity index (χ3v) is 2.40. The Kier molecular flexibility index (Phi) is 2.57. The fourth-order valence-corrected chi connectivity index (χ4v) is 1.57. The highest BCUT2D eigenvalue weighted by atomic mass is 15.3. The number of rotatable bonds is 4. The molecule has 2 heterocycles. The Balaban J connectivity index is 1.81. The number of nitrogens with one attached hydrogen (secondary N) is 1. The summed E-state index contributed by atoms with van der Waals surface area (Å²) in [5.41, 5.74) is 1.36. The van der Waals surface area contributed by atoms with Gasteiger partial charge in [0.15, 0.2) is 0 Å². The third-order valence-electron chi connectivity index (χ3n) is 2.40. The first-order valence-corrected chi connectivity index (χ1v) is 4.67. The average Bonchev–Trinajstić information content (AvgIpc) is 2.86. The van der Waals surface area contributed by atoms with Crippen molar-refractivity contribution in [3.05, 3.63) is 30.1 Å². The van der Waals surface area contributed by atoms with Crippen LogP contribution in [0.25, 0.3) is 0 Å². The van der Waals surface area contributed by atoms with Gasteiger partial charge in [-0.25, -0.2) is 0 Å². The van der Waals surface area contributed by atoms with Crippen molar-refractivity contribution in [1.82, 2.24) is 15.2 Å². The molecule has 1 aliphatic rings. The summed E-state index contributed by atoms with van der Waals surface area (Å²) in [5.74, 6) is 0. The maximum atomic E-state index is 4.00. The lowest BCUT2D eigenvalue weighted by molar-refractivity contribution is 0.491. The fraction of sp³-hybridized carbons (Fsp3) is 0.500. The average molecular weight is 177 g/mol. The minimum atomic E-state index is 0.748. The fourth-order valence-electron chi connectivity index (χ4n) is 1.57. The molecule has 0 bridgehead atoms. The van der Waals surface area contributed by atoms with Gasteiger partial charge in [-0.2, -0.15) is 0 Å². The Bertz CT molecular complexity index is 260. The van der Waals surface area contributed by atoms with Crippen molar-refractivity contribution in [2.24, 2.45) is 0 Å². The van der Waals surface area contributed by atoms with Gasteiger partial charge in [-0.3, -0.25) is 9.88 Å². The summed E-state index contributed by atoms with van der Waals surface area (Å²) in [7, 11) is 2.00. The molecular formula is C10H15N3. The van der Waals surface area contributed by atoms with Crippen LogP contribution in [-0.4, -0.2) is 36.1 Å². The molecule has 0 spiro atoms. The van der Waals surface area contributed by atoms with Crippen LogP contribution in [-0.2, 0) is 6.54 Å². The number of aromatic nitrogens is 1. The largest absolute Gasteiger partial charge is 0.318 e. The molecule has 0 aromatic carbocycles. The summed E-state index contributed by atoms with van der Waals surface area (Å²) in [4.78, 5) is 6.45. The lowest BCUT2D eigenvalue weighted by Crippen LogP contribution is -2.17. The molecule has 1 aliphatic heterocycles. The Morgan fingerprint density at radius 2 is 2.31 bits per heavy atom. The van der Waals surface area contributed by atoms with Crippen molar-refractivity contribution in [3.8, 4) is 0 Å². The van der Waals surface area contributed by atoms with Crippen LogP contribution in [0.1, 0.15) is 5.56 Å². The van der Waals surface area contributed by atoms with Gasteiger partial charge in [-0.1, -0.05) is 0 Å². The van der Waals surface area contributed by atoms with Gasteiger partial charge in [-0.15, -0.1) is 0 Å². The van der Waals surface area contributed by atoms with E-state index in [1.165, 1.54) is 12.1 Å². The van der Waals surface area contributed by atoms with Gasteiger partial charge < -0.3 is 5.32 Å². The van der Waals surface area contributed by atoms with Gasteiger partial charge in [0, 0.05) is 38.1 Å². The van der Waals surface area contributed by atoms with Crippen LogP contribution in [0.2, 0.25) is 0 Å². The molecule has 70 valence electrons. The zero-order valence-electron chi connectivity index (χ0n) is 7.90. The van der Waals surface area contributed by atoms with Gasteiger partial charge in [0.2, 0.25) is 0 Å². The number of hydrogen-bond donors (Lipinski definition) is 1. The Labute approximate surface area is 78.8 Å². The molecule has 1 N–H and O–H groups in total. The van der Waals surface area contributed by atoms with E-state index < -0.39 is 0 Å². The van der Waals surface area contributed by atoms with Gasteiger partial charge in [0.05, 0.1) is 0 Å². The molecule has 0 amide bonds. The van der Waals surface area contributed by atoms with Crippen LogP contribution < -0.4 is 5.32 Å². The van der Waals surface area contributed by atoms with Gasteiger partial charge in [0.1, 0.15) is 0 Å². The van der Waals surface area contributed by atoms with Crippen LogP contribution in [0.4, 0.5) is 0 Å². The van der Waals surface area contributed by atoms with Crippen LogP contribution in [0.3, 0.4) is 0 Å². The monoisotopic (exact) mass is 177 g/mol. The summed E-state index contributed by atoms with van der Waals surface area (Å²) in [6, 6.07) is 4.90. The van der Waals surface area contributed by atoms with E-state index in [0.29, 0.717) is 0 Å². The van der Waals surface area contributed by atoms with Crippen LogP contribution in [0, 0.1) is 0 Å². The van der Waals surface area contributed by atoms with Crippen molar-refractivity contribution in [3.63, 3.8) is 0 Å². The van der Waals surface area contributed by atoms with E-state index in [0.717, 1.165) is 19.1 Å². The van der Waals surface area contributed by atoms with Crippen molar-refractivity contribution >= 4 is 0 Å². The zero-order chi connectivity index (χ0) is 9.10. The van der Waals surface area contributed by atoms with Crippen LogP contribution in [0.5, 0.6) is 0 Å². The van der Waals surface area contributed by atoms with Crippen molar-refractivity contribution in [2.75, 3.05) is 20.1 Å². The second-order valence-electron chi connectivity index (χ2n) is 3.50. The third kappa shape index (κ3) is 2.26. The molecule has 2 unspecified atom stereocenters. The molecule has 0 radical (unpaired) electrons. The molecule has 2 rings (SSSR count). The number of nitrogens with zero attached hydrogens (tertiary/aromatic N) is 2. The zero-order valence-corrected chi connectivity index (χ0v) is 7.90. The first-order chi connectivity index (χ1) is 6.40. The minimum absolute atomic E-state index is 0.748. The van der Waals surface area contributed by atoms with E-state index in [2.05, 4.69) is 27.3 Å². The lowest BCUT2D eigenvalue weighted by atomic mass is 10.3. The van der Waals surface area contributed by atoms with Crippen molar-refractivity contribution in [1.29, 1.82) is 0 Å². The molecule has 1 fully saturated rings. The molecule has 0 saturated carbocycles. The predicted octanol–water partition coefficient (Wildman–Crippen LogP) is 0.485. The molecule has 0 aliphatic carbocycles. The first kappa shape index (κ1) is 8.66. The van der Waals surface area contributed by atoms with Crippen LogP contribution in [0.15, 0.2) is 24.5 Å². The van der Waals surface area contributed by atoms with E-state index in [4.69, 9.17) is 0 Å². The maximum Gasteiger partial charge on any atom is 0.0352 e. The van der Waals surface area contributed by atoms with Crippen molar-refractivity contribution < 1.29 is 0 Å².